The third-order valence-electron chi connectivity index (χ3n) is 1.48. The fraction of sp³-hybridized carbons (Fsp3) is 0.250. The molecule has 0 aromatic heterocycles. The number of hydrogen-bond acceptors (Lipinski definition) is 2. The van der Waals surface area contributed by atoms with E-state index in [1.165, 1.54) is 0 Å². The molecular weight excluding hydrogens is 204 g/mol. The maximum absolute atomic E-state index is 5.68. The van der Waals surface area contributed by atoms with Gasteiger partial charge in [-0.25, -0.2) is 5.84 Å². The van der Waals surface area contributed by atoms with Gasteiger partial charge in [-0.15, -0.1) is 0 Å². The van der Waals surface area contributed by atoms with Crippen molar-refractivity contribution >= 4 is 21.6 Å². The van der Waals surface area contributed by atoms with Crippen LogP contribution in [-0.4, -0.2) is 6.54 Å². The number of nitrogens with two attached hydrogens (primary N) is 1. The Hall–Kier alpha value is -0.540. The molecule has 1 aromatic carbocycles. The van der Waals surface area contributed by atoms with E-state index in [4.69, 9.17) is 5.84 Å². The van der Waals surface area contributed by atoms with Crippen LogP contribution in [0.15, 0.2) is 28.7 Å². The molecule has 1 aromatic rings. The van der Waals surface area contributed by atoms with Crippen LogP contribution >= 0.6 is 15.9 Å². The molecule has 0 saturated heterocycles. The van der Waals surface area contributed by atoms with Gasteiger partial charge in [-0.3, -0.25) is 0 Å². The molecule has 1 rings (SSSR count). The van der Waals surface area contributed by atoms with Gasteiger partial charge in [0.2, 0.25) is 0 Å². The van der Waals surface area contributed by atoms with Crippen LogP contribution in [0.4, 0.5) is 5.69 Å². The van der Waals surface area contributed by atoms with Gasteiger partial charge < -0.3 is 5.01 Å². The summed E-state index contributed by atoms with van der Waals surface area (Å²) in [4.78, 5) is 0. The molecule has 0 spiro atoms. The first-order valence-electron chi connectivity index (χ1n) is 3.52. The summed E-state index contributed by atoms with van der Waals surface area (Å²) in [6, 6.07) is 7.92. The molecule has 0 atom stereocenters. The van der Waals surface area contributed by atoms with Gasteiger partial charge in [-0.05, 0) is 25.1 Å². The van der Waals surface area contributed by atoms with Gasteiger partial charge in [0.1, 0.15) is 0 Å². The van der Waals surface area contributed by atoms with E-state index in [0.29, 0.717) is 0 Å². The first-order valence-corrected chi connectivity index (χ1v) is 4.31. The smallest absolute Gasteiger partial charge is 0.0528 e. The first kappa shape index (κ1) is 8.56. The van der Waals surface area contributed by atoms with Crippen molar-refractivity contribution in [2.75, 3.05) is 11.6 Å². The number of anilines is 1. The molecule has 0 radical (unpaired) electrons. The van der Waals surface area contributed by atoms with Crippen molar-refractivity contribution in [3.63, 3.8) is 0 Å². The van der Waals surface area contributed by atoms with Crippen LogP contribution in [0.5, 0.6) is 0 Å². The highest BCUT2D eigenvalue weighted by Gasteiger charge is 1.96. The third kappa shape index (κ3) is 2.20. The minimum Gasteiger partial charge on any atom is -0.311 e. The summed E-state index contributed by atoms with van der Waals surface area (Å²) in [5.41, 5.74) is 1.03. The number of hydrazine groups is 1. The zero-order chi connectivity index (χ0) is 8.27. The second kappa shape index (κ2) is 3.74. The normalized spacial score (nSPS) is 9.73. The van der Waals surface area contributed by atoms with Crippen LogP contribution in [0.3, 0.4) is 0 Å². The molecule has 2 N–H and O–H groups in total. The lowest BCUT2D eigenvalue weighted by Gasteiger charge is -2.15. The van der Waals surface area contributed by atoms with E-state index in [1.807, 2.05) is 31.2 Å². The van der Waals surface area contributed by atoms with E-state index in [1.54, 1.807) is 5.01 Å². The van der Waals surface area contributed by atoms with E-state index in [2.05, 4.69) is 15.9 Å². The predicted octanol–water partition coefficient (Wildman–Crippen LogP) is 2.15. The molecule has 60 valence electrons. The lowest BCUT2D eigenvalue weighted by molar-refractivity contribution is 0.891. The second-order valence-corrected chi connectivity index (χ2v) is 3.18. The molecule has 2 nitrogen and oxygen atoms in total. The Morgan fingerprint density at radius 2 is 2.27 bits per heavy atom. The van der Waals surface area contributed by atoms with Gasteiger partial charge in [0.25, 0.3) is 0 Å². The fourth-order valence-electron chi connectivity index (χ4n) is 0.837. The van der Waals surface area contributed by atoms with Crippen molar-refractivity contribution in [1.29, 1.82) is 0 Å². The van der Waals surface area contributed by atoms with Gasteiger partial charge in [-0.1, -0.05) is 22.0 Å². The number of hydrogen-bond donors (Lipinski definition) is 1. The van der Waals surface area contributed by atoms with Crippen molar-refractivity contribution in [2.45, 2.75) is 6.92 Å². The van der Waals surface area contributed by atoms with Crippen molar-refractivity contribution in [3.8, 4) is 0 Å². The number of benzene rings is 1. The Morgan fingerprint density at radius 1 is 1.55 bits per heavy atom. The van der Waals surface area contributed by atoms with Gasteiger partial charge in [0.05, 0.1) is 5.69 Å². The molecule has 0 amide bonds. The highest BCUT2D eigenvalue weighted by molar-refractivity contribution is 9.10. The van der Waals surface area contributed by atoms with Gasteiger partial charge in [-0.2, -0.15) is 0 Å². The third-order valence-corrected chi connectivity index (χ3v) is 1.97. The van der Waals surface area contributed by atoms with Crippen LogP contribution in [0.2, 0.25) is 0 Å². The highest BCUT2D eigenvalue weighted by atomic mass is 79.9. The average Bonchev–Trinajstić information content (AvgIpc) is 2.03. The second-order valence-electron chi connectivity index (χ2n) is 2.27. The van der Waals surface area contributed by atoms with Crippen LogP contribution in [0.25, 0.3) is 0 Å². The van der Waals surface area contributed by atoms with E-state index >= 15 is 0 Å². The lowest BCUT2D eigenvalue weighted by Crippen LogP contribution is -2.30. The van der Waals surface area contributed by atoms with Gasteiger partial charge in [0, 0.05) is 11.0 Å². The van der Waals surface area contributed by atoms with Crippen LogP contribution in [0, 0.1) is 0 Å². The average molecular weight is 215 g/mol. The molecule has 0 unspecified atom stereocenters. The Morgan fingerprint density at radius 3 is 2.82 bits per heavy atom. The zero-order valence-corrected chi connectivity index (χ0v) is 8.01. The monoisotopic (exact) mass is 214 g/mol. The van der Waals surface area contributed by atoms with Crippen molar-refractivity contribution < 1.29 is 0 Å². The highest BCUT2D eigenvalue weighted by Crippen LogP contribution is 2.17. The number of rotatable bonds is 2. The first-order chi connectivity index (χ1) is 5.24. The van der Waals surface area contributed by atoms with E-state index < -0.39 is 0 Å². The summed E-state index contributed by atoms with van der Waals surface area (Å²) >= 11 is 3.38. The molecular formula is C8H11BrN2. The van der Waals surface area contributed by atoms with Crippen LogP contribution < -0.4 is 10.9 Å². The molecule has 0 aliphatic rings. The SMILES string of the molecule is CCN(N)c1cccc(Br)c1. The molecule has 0 saturated carbocycles. The molecule has 0 aliphatic carbocycles. The number of nitrogens with zero attached hydrogens (tertiary/aromatic N) is 1. The van der Waals surface area contributed by atoms with Gasteiger partial charge in [0.15, 0.2) is 0 Å². The van der Waals surface area contributed by atoms with E-state index in [0.717, 1.165) is 16.7 Å². The quantitative estimate of drug-likeness (QED) is 0.605. The molecule has 0 aliphatic heterocycles. The Bertz CT molecular complexity index is 237. The molecule has 3 heteroatoms. The maximum Gasteiger partial charge on any atom is 0.0528 e. The molecule has 0 heterocycles. The summed E-state index contributed by atoms with van der Waals surface area (Å²) in [6.07, 6.45) is 0. The van der Waals surface area contributed by atoms with Gasteiger partial charge >= 0.3 is 0 Å². The minimum absolute atomic E-state index is 0.816. The minimum atomic E-state index is 0.816. The fourth-order valence-corrected chi connectivity index (χ4v) is 1.22. The van der Waals surface area contributed by atoms with Crippen molar-refractivity contribution in [1.82, 2.24) is 0 Å². The zero-order valence-electron chi connectivity index (χ0n) is 6.42. The standard InChI is InChI=1S/C8H11BrN2/c1-2-11(10)8-5-3-4-7(9)6-8/h3-6H,2,10H2,1H3. The summed E-state index contributed by atoms with van der Waals surface area (Å²) in [5, 5.41) is 1.70. The summed E-state index contributed by atoms with van der Waals surface area (Å²) in [7, 11) is 0. The molecule has 11 heavy (non-hydrogen) atoms. The van der Waals surface area contributed by atoms with E-state index in [9.17, 15) is 0 Å². The van der Waals surface area contributed by atoms with E-state index in [-0.39, 0.29) is 0 Å². The summed E-state index contributed by atoms with van der Waals surface area (Å²) in [6.45, 7) is 2.83. The topological polar surface area (TPSA) is 29.3 Å². The Balaban J connectivity index is 2.86. The van der Waals surface area contributed by atoms with Crippen LogP contribution in [0.1, 0.15) is 6.92 Å². The lowest BCUT2D eigenvalue weighted by atomic mass is 10.3. The van der Waals surface area contributed by atoms with Crippen LogP contribution in [-0.2, 0) is 0 Å². The predicted molar refractivity (Wildman–Crippen MR) is 51.3 cm³/mol. The summed E-state index contributed by atoms with van der Waals surface area (Å²) < 4.78 is 1.05. The summed E-state index contributed by atoms with van der Waals surface area (Å²) in [5.74, 6) is 5.68. The molecule has 0 bridgehead atoms. The van der Waals surface area contributed by atoms with Crippen molar-refractivity contribution in [2.24, 2.45) is 5.84 Å². The molecule has 0 fully saturated rings. The Kier molecular flexibility index (Phi) is 2.91. The Labute approximate surface area is 75.1 Å². The van der Waals surface area contributed by atoms with Crippen molar-refractivity contribution in [3.05, 3.63) is 28.7 Å². The number of halogens is 1. The largest absolute Gasteiger partial charge is 0.311 e. The maximum atomic E-state index is 5.68.